The van der Waals surface area contributed by atoms with Crippen LogP contribution in [0, 0.1) is 0 Å². The second kappa shape index (κ2) is 6.71. The quantitative estimate of drug-likeness (QED) is 0.804. The number of nitrogens with zero attached hydrogens (tertiary/aromatic N) is 2. The number of ether oxygens (including phenoxy) is 1. The van der Waals surface area contributed by atoms with Crippen LogP contribution in [0.5, 0.6) is 0 Å². The summed E-state index contributed by atoms with van der Waals surface area (Å²) in [6.45, 7) is 3.65. The fourth-order valence-electron chi connectivity index (χ4n) is 1.88. The minimum absolute atomic E-state index is 0.174. The molecule has 0 aliphatic carbocycles. The van der Waals surface area contributed by atoms with Crippen LogP contribution in [-0.2, 0) is 20.9 Å². The topological polar surface area (TPSA) is 59.5 Å². The highest BCUT2D eigenvalue weighted by molar-refractivity contribution is 7.89. The highest BCUT2D eigenvalue weighted by Crippen LogP contribution is 2.28. The van der Waals surface area contributed by atoms with E-state index in [0.717, 1.165) is 16.6 Å². The lowest BCUT2D eigenvalue weighted by molar-refractivity contribution is -0.141. The molecule has 0 fully saturated rings. The summed E-state index contributed by atoms with van der Waals surface area (Å²) in [6, 6.07) is 1.13. The largest absolute Gasteiger partial charge is 0.433 e. The summed E-state index contributed by atoms with van der Waals surface area (Å²) in [7, 11) is -2.47. The second-order valence-corrected chi connectivity index (χ2v) is 6.28. The zero-order valence-corrected chi connectivity index (χ0v) is 12.7. The van der Waals surface area contributed by atoms with Crippen molar-refractivity contribution in [3.8, 4) is 0 Å². The Morgan fingerprint density at radius 2 is 2.00 bits per heavy atom. The number of sulfonamides is 1. The highest BCUT2D eigenvalue weighted by Gasteiger charge is 2.34. The Balaban J connectivity index is 3.12. The van der Waals surface area contributed by atoms with E-state index >= 15 is 0 Å². The normalized spacial score (nSPS) is 14.4. The Bertz CT molecular complexity index is 558. The molecule has 0 aromatic carbocycles. The fraction of sp³-hybridized carbons (Fsp3) is 0.583. The van der Waals surface area contributed by atoms with E-state index in [2.05, 4.69) is 4.98 Å². The van der Waals surface area contributed by atoms with E-state index in [-0.39, 0.29) is 18.0 Å². The van der Waals surface area contributed by atoms with E-state index in [1.54, 1.807) is 13.8 Å². The van der Waals surface area contributed by atoms with Crippen LogP contribution in [0.25, 0.3) is 0 Å². The molecule has 0 bridgehead atoms. The summed E-state index contributed by atoms with van der Waals surface area (Å²) in [6.07, 6.45) is -3.88. The van der Waals surface area contributed by atoms with Crippen molar-refractivity contribution in [2.75, 3.05) is 20.3 Å². The minimum atomic E-state index is -4.60. The molecular weight excluding hydrogens is 309 g/mol. The lowest BCUT2D eigenvalue weighted by Crippen LogP contribution is -2.40. The van der Waals surface area contributed by atoms with E-state index in [0.29, 0.717) is 6.07 Å². The molecule has 1 aromatic heterocycles. The summed E-state index contributed by atoms with van der Waals surface area (Å²) in [5.74, 6) is 0. The predicted molar refractivity (Wildman–Crippen MR) is 70.1 cm³/mol. The van der Waals surface area contributed by atoms with Gasteiger partial charge in [-0.1, -0.05) is 6.92 Å². The van der Waals surface area contributed by atoms with Crippen LogP contribution in [-0.4, -0.2) is 44.0 Å². The third kappa shape index (κ3) is 4.14. The Hall–Kier alpha value is -1.19. The number of rotatable bonds is 6. The van der Waals surface area contributed by atoms with Crippen molar-refractivity contribution < 1.29 is 26.3 Å². The third-order valence-electron chi connectivity index (χ3n) is 2.84. The van der Waals surface area contributed by atoms with Crippen LogP contribution in [0.3, 0.4) is 0 Å². The van der Waals surface area contributed by atoms with Crippen molar-refractivity contribution >= 4 is 10.0 Å². The number of pyridine rings is 1. The van der Waals surface area contributed by atoms with Crippen molar-refractivity contribution in [2.24, 2.45) is 0 Å². The molecule has 1 unspecified atom stereocenters. The Morgan fingerprint density at radius 1 is 1.38 bits per heavy atom. The van der Waals surface area contributed by atoms with Gasteiger partial charge in [0.1, 0.15) is 10.6 Å². The number of likely N-dealkylation sites (N-methyl/N-ethyl adjacent to an activating group) is 1. The van der Waals surface area contributed by atoms with Crippen LogP contribution in [0.4, 0.5) is 13.2 Å². The first-order valence-corrected chi connectivity index (χ1v) is 7.62. The molecule has 0 saturated carbocycles. The molecule has 9 heteroatoms. The number of hydrogen-bond donors (Lipinski definition) is 0. The van der Waals surface area contributed by atoms with E-state index in [1.165, 1.54) is 7.11 Å². The van der Waals surface area contributed by atoms with Crippen LogP contribution >= 0.6 is 0 Å². The van der Waals surface area contributed by atoms with Gasteiger partial charge in [0.05, 0.1) is 6.61 Å². The number of hydrogen-bond acceptors (Lipinski definition) is 4. The maximum Gasteiger partial charge on any atom is 0.433 e. The van der Waals surface area contributed by atoms with Gasteiger partial charge in [-0.25, -0.2) is 8.42 Å². The number of alkyl halides is 3. The molecule has 1 rings (SSSR count). The lowest BCUT2D eigenvalue weighted by Gasteiger charge is -2.26. The average molecular weight is 326 g/mol. The minimum Gasteiger partial charge on any atom is -0.383 e. The molecule has 0 aliphatic rings. The third-order valence-corrected chi connectivity index (χ3v) is 4.92. The average Bonchev–Trinajstić information content (AvgIpc) is 2.38. The van der Waals surface area contributed by atoms with Gasteiger partial charge in [0.15, 0.2) is 0 Å². The van der Waals surface area contributed by atoms with Crippen LogP contribution < -0.4 is 0 Å². The smallest absolute Gasteiger partial charge is 0.383 e. The summed E-state index contributed by atoms with van der Waals surface area (Å²) < 4.78 is 68.1. The first kappa shape index (κ1) is 17.9. The van der Waals surface area contributed by atoms with Gasteiger partial charge in [0.25, 0.3) is 0 Å². The fourth-order valence-corrected chi connectivity index (χ4v) is 3.45. The number of halogens is 3. The number of methoxy groups -OCH3 is 1. The van der Waals surface area contributed by atoms with Crippen molar-refractivity contribution in [1.82, 2.24) is 9.29 Å². The van der Waals surface area contributed by atoms with Crippen LogP contribution in [0.2, 0.25) is 0 Å². The Labute approximate surface area is 121 Å². The van der Waals surface area contributed by atoms with Gasteiger partial charge in [-0.2, -0.15) is 17.5 Å². The van der Waals surface area contributed by atoms with Gasteiger partial charge in [0.2, 0.25) is 10.0 Å². The second-order valence-electron chi connectivity index (χ2n) is 4.39. The standard InChI is InChI=1S/C12H17F3N2O3S/c1-4-17(9(2)8-20-3)21(18,19)10-5-6-11(16-7-10)12(13,14)15/h5-7,9H,4,8H2,1-3H3. The summed E-state index contributed by atoms with van der Waals surface area (Å²) in [4.78, 5) is 2.90. The molecule has 0 radical (unpaired) electrons. The Kier molecular flexibility index (Phi) is 5.71. The molecule has 21 heavy (non-hydrogen) atoms. The van der Waals surface area contributed by atoms with Crippen molar-refractivity contribution in [1.29, 1.82) is 0 Å². The van der Waals surface area contributed by atoms with E-state index in [4.69, 9.17) is 4.74 Å². The van der Waals surface area contributed by atoms with Crippen molar-refractivity contribution in [3.05, 3.63) is 24.0 Å². The zero-order valence-electron chi connectivity index (χ0n) is 11.9. The SMILES string of the molecule is CCN(C(C)COC)S(=O)(=O)c1ccc(C(F)(F)F)nc1. The maximum absolute atomic E-state index is 12.4. The van der Waals surface area contributed by atoms with Gasteiger partial charge in [0, 0.05) is 25.9 Å². The first-order chi connectivity index (χ1) is 9.64. The van der Waals surface area contributed by atoms with Crippen LogP contribution in [0.1, 0.15) is 19.5 Å². The molecular formula is C12H17F3N2O3S. The van der Waals surface area contributed by atoms with Gasteiger partial charge in [-0.3, -0.25) is 4.98 Å². The zero-order chi connectivity index (χ0) is 16.3. The molecule has 1 atom stereocenters. The first-order valence-electron chi connectivity index (χ1n) is 6.18. The highest BCUT2D eigenvalue weighted by atomic mass is 32.2. The van der Waals surface area contributed by atoms with Crippen molar-refractivity contribution in [3.63, 3.8) is 0 Å². The summed E-state index contributed by atoms with van der Waals surface area (Å²) in [5, 5.41) is 0. The van der Waals surface area contributed by atoms with E-state index in [9.17, 15) is 21.6 Å². The monoisotopic (exact) mass is 326 g/mol. The lowest BCUT2D eigenvalue weighted by atomic mass is 10.3. The van der Waals surface area contributed by atoms with Crippen LogP contribution in [0.15, 0.2) is 23.2 Å². The molecule has 1 aromatic rings. The summed E-state index contributed by atoms with van der Waals surface area (Å²) >= 11 is 0. The summed E-state index contributed by atoms with van der Waals surface area (Å²) in [5.41, 5.74) is -1.13. The molecule has 0 spiro atoms. The van der Waals surface area contributed by atoms with Gasteiger partial charge in [-0.05, 0) is 19.1 Å². The maximum atomic E-state index is 12.4. The van der Waals surface area contributed by atoms with E-state index in [1.807, 2.05) is 0 Å². The van der Waals surface area contributed by atoms with Crippen molar-refractivity contribution in [2.45, 2.75) is 31.0 Å². The molecule has 0 saturated heterocycles. The predicted octanol–water partition coefficient (Wildman–Crippen LogP) is 2.15. The number of aromatic nitrogens is 1. The molecule has 120 valence electrons. The molecule has 5 nitrogen and oxygen atoms in total. The molecule has 0 amide bonds. The molecule has 1 heterocycles. The van der Waals surface area contributed by atoms with E-state index < -0.39 is 27.9 Å². The van der Waals surface area contributed by atoms with Gasteiger partial charge < -0.3 is 4.74 Å². The molecule has 0 N–H and O–H groups in total. The Morgan fingerprint density at radius 3 is 2.38 bits per heavy atom. The van der Waals surface area contributed by atoms with Gasteiger partial charge in [-0.15, -0.1) is 0 Å². The van der Waals surface area contributed by atoms with Gasteiger partial charge >= 0.3 is 6.18 Å². The molecule has 0 aliphatic heterocycles.